The van der Waals surface area contributed by atoms with Crippen molar-refractivity contribution in [3.63, 3.8) is 0 Å². The second kappa shape index (κ2) is 8.99. The molecule has 0 bridgehead atoms. The Balaban J connectivity index is 1.96. The normalized spacial score (nSPS) is 11.2. The van der Waals surface area contributed by atoms with E-state index in [1.165, 1.54) is 44.4 Å². The van der Waals surface area contributed by atoms with Crippen molar-refractivity contribution in [3.05, 3.63) is 62.6 Å². The van der Waals surface area contributed by atoms with E-state index in [9.17, 15) is 19.7 Å². The van der Waals surface area contributed by atoms with Crippen LogP contribution in [0, 0.1) is 10.1 Å². The largest absolute Gasteiger partial charge is 0.496 e. The molecule has 9 nitrogen and oxygen atoms in total. The van der Waals surface area contributed by atoms with E-state index in [1.807, 2.05) is 0 Å². The molecule has 2 amide bonds. The van der Waals surface area contributed by atoms with E-state index >= 15 is 0 Å². The van der Waals surface area contributed by atoms with E-state index in [0.29, 0.717) is 10.2 Å². The third kappa shape index (κ3) is 5.17. The molecular formula is C17H16BrN3O6. The molecule has 0 aliphatic carbocycles. The van der Waals surface area contributed by atoms with E-state index in [4.69, 9.17) is 9.47 Å². The Bertz CT molecular complexity index is 873. The summed E-state index contributed by atoms with van der Waals surface area (Å²) in [5, 5.41) is 11.0. The monoisotopic (exact) mass is 437 g/mol. The molecule has 0 spiro atoms. The van der Waals surface area contributed by atoms with Crippen LogP contribution in [0.25, 0.3) is 0 Å². The molecule has 2 aromatic carbocycles. The van der Waals surface area contributed by atoms with Gasteiger partial charge in [0.2, 0.25) is 0 Å². The van der Waals surface area contributed by atoms with Gasteiger partial charge in [0.15, 0.2) is 11.9 Å². The van der Waals surface area contributed by atoms with Crippen molar-refractivity contribution in [2.45, 2.75) is 13.0 Å². The number of benzene rings is 2. The molecule has 2 rings (SSSR count). The number of methoxy groups -OCH3 is 1. The van der Waals surface area contributed by atoms with Crippen molar-refractivity contribution in [1.29, 1.82) is 0 Å². The van der Waals surface area contributed by atoms with Crippen LogP contribution < -0.4 is 20.3 Å². The van der Waals surface area contributed by atoms with Crippen molar-refractivity contribution in [1.82, 2.24) is 10.9 Å². The minimum absolute atomic E-state index is 0.0458. The fourth-order valence-corrected chi connectivity index (χ4v) is 2.59. The maximum Gasteiger partial charge on any atom is 0.310 e. The van der Waals surface area contributed by atoms with Gasteiger partial charge in [-0.2, -0.15) is 0 Å². The lowest BCUT2D eigenvalue weighted by atomic mass is 10.2. The highest BCUT2D eigenvalue weighted by Gasteiger charge is 2.21. The highest BCUT2D eigenvalue weighted by atomic mass is 79.9. The van der Waals surface area contributed by atoms with Crippen LogP contribution in [-0.4, -0.2) is 30.0 Å². The van der Waals surface area contributed by atoms with Crippen LogP contribution in [0.3, 0.4) is 0 Å². The topological polar surface area (TPSA) is 120 Å². The van der Waals surface area contributed by atoms with Crippen molar-refractivity contribution in [3.8, 4) is 11.5 Å². The van der Waals surface area contributed by atoms with Crippen molar-refractivity contribution < 1.29 is 24.0 Å². The SMILES string of the molecule is COc1ccc(C(=O)NNC(=O)C(C)Oc2ccccc2[N+](=O)[O-])cc1Br. The number of nitro benzene ring substituents is 1. The molecular weight excluding hydrogens is 422 g/mol. The number of amides is 2. The summed E-state index contributed by atoms with van der Waals surface area (Å²) in [6, 6.07) is 10.4. The number of nitrogens with zero attached hydrogens (tertiary/aromatic N) is 1. The van der Waals surface area contributed by atoms with Gasteiger partial charge in [-0.25, -0.2) is 0 Å². The zero-order chi connectivity index (χ0) is 20.0. The average molecular weight is 438 g/mol. The van der Waals surface area contributed by atoms with Crippen LogP contribution in [0.4, 0.5) is 5.69 Å². The number of rotatable bonds is 6. The average Bonchev–Trinajstić information content (AvgIpc) is 2.65. The molecule has 1 atom stereocenters. The maximum absolute atomic E-state index is 12.1. The quantitative estimate of drug-likeness (QED) is 0.529. The summed E-state index contributed by atoms with van der Waals surface area (Å²) >= 11 is 3.27. The van der Waals surface area contributed by atoms with Crippen LogP contribution in [0.2, 0.25) is 0 Å². The molecule has 27 heavy (non-hydrogen) atoms. The number of carbonyl (C=O) groups excluding carboxylic acids is 2. The minimum Gasteiger partial charge on any atom is -0.496 e. The summed E-state index contributed by atoms with van der Waals surface area (Å²) < 4.78 is 11.0. The fourth-order valence-electron chi connectivity index (χ4n) is 2.05. The van der Waals surface area contributed by atoms with E-state index < -0.39 is 22.8 Å². The Labute approximate surface area is 162 Å². The van der Waals surface area contributed by atoms with Crippen LogP contribution in [0.1, 0.15) is 17.3 Å². The second-order valence-corrected chi connectivity index (χ2v) is 6.13. The highest BCUT2D eigenvalue weighted by molar-refractivity contribution is 9.10. The summed E-state index contributed by atoms with van der Waals surface area (Å²) in [4.78, 5) is 34.6. The first kappa shape index (κ1) is 20.2. The van der Waals surface area contributed by atoms with Crippen molar-refractivity contribution in [2.24, 2.45) is 0 Å². The number of hydrogen-bond acceptors (Lipinski definition) is 6. The van der Waals surface area contributed by atoms with Gasteiger partial charge in [-0.15, -0.1) is 0 Å². The Morgan fingerprint density at radius 2 is 1.85 bits per heavy atom. The molecule has 10 heteroatoms. The molecule has 0 fully saturated rings. The van der Waals surface area contributed by atoms with Crippen LogP contribution >= 0.6 is 15.9 Å². The minimum atomic E-state index is -1.07. The first-order valence-corrected chi connectivity index (χ1v) is 8.46. The predicted molar refractivity (Wildman–Crippen MR) is 99.5 cm³/mol. The van der Waals surface area contributed by atoms with Gasteiger partial charge in [0.25, 0.3) is 11.8 Å². The highest BCUT2D eigenvalue weighted by Crippen LogP contribution is 2.27. The molecule has 142 valence electrons. The van der Waals surface area contributed by atoms with Gasteiger partial charge >= 0.3 is 5.69 Å². The third-order valence-electron chi connectivity index (χ3n) is 3.45. The zero-order valence-electron chi connectivity index (χ0n) is 14.4. The summed E-state index contributed by atoms with van der Waals surface area (Å²) in [6.45, 7) is 1.40. The molecule has 2 N–H and O–H groups in total. The maximum atomic E-state index is 12.1. The van der Waals surface area contributed by atoms with Gasteiger partial charge in [-0.05, 0) is 47.1 Å². The smallest absolute Gasteiger partial charge is 0.310 e. The lowest BCUT2D eigenvalue weighted by molar-refractivity contribution is -0.386. The van der Waals surface area contributed by atoms with Gasteiger partial charge in [0, 0.05) is 11.6 Å². The van der Waals surface area contributed by atoms with Gasteiger partial charge in [0.1, 0.15) is 5.75 Å². The number of nitro groups is 1. The number of hydrogen-bond donors (Lipinski definition) is 2. The van der Waals surface area contributed by atoms with Crippen LogP contribution in [0.5, 0.6) is 11.5 Å². The van der Waals surface area contributed by atoms with Crippen molar-refractivity contribution >= 4 is 33.4 Å². The molecule has 0 heterocycles. The molecule has 0 aliphatic rings. The summed E-state index contributed by atoms with van der Waals surface area (Å²) in [7, 11) is 1.50. The van der Waals surface area contributed by atoms with Gasteiger partial charge < -0.3 is 9.47 Å². The molecule has 2 aromatic rings. The number of para-hydroxylation sites is 2. The lowest BCUT2D eigenvalue weighted by Crippen LogP contribution is -2.47. The molecule has 1 unspecified atom stereocenters. The Morgan fingerprint density at radius 3 is 2.48 bits per heavy atom. The van der Waals surface area contributed by atoms with Crippen molar-refractivity contribution in [2.75, 3.05) is 7.11 Å². The first-order chi connectivity index (χ1) is 12.8. The Morgan fingerprint density at radius 1 is 1.15 bits per heavy atom. The molecule has 0 radical (unpaired) electrons. The van der Waals surface area contributed by atoms with Gasteiger partial charge in [0.05, 0.1) is 16.5 Å². The fraction of sp³-hybridized carbons (Fsp3) is 0.176. The summed E-state index contributed by atoms with van der Waals surface area (Å²) in [6.07, 6.45) is -1.07. The Hall–Kier alpha value is -3.14. The first-order valence-electron chi connectivity index (χ1n) is 7.67. The summed E-state index contributed by atoms with van der Waals surface area (Å²) in [5.41, 5.74) is 4.50. The molecule has 0 aliphatic heterocycles. The number of carbonyl (C=O) groups is 2. The predicted octanol–water partition coefficient (Wildman–Crippen LogP) is 2.59. The molecule has 0 saturated carbocycles. The summed E-state index contributed by atoms with van der Waals surface area (Å²) in [5.74, 6) is -0.712. The number of nitrogens with one attached hydrogen (secondary N) is 2. The van der Waals surface area contributed by atoms with E-state index in [0.717, 1.165) is 0 Å². The Kier molecular flexibility index (Phi) is 6.72. The lowest BCUT2D eigenvalue weighted by Gasteiger charge is -2.15. The van der Waals surface area contributed by atoms with Crippen LogP contribution in [0.15, 0.2) is 46.9 Å². The third-order valence-corrected chi connectivity index (χ3v) is 4.07. The van der Waals surface area contributed by atoms with E-state index in [2.05, 4.69) is 26.8 Å². The van der Waals surface area contributed by atoms with Gasteiger partial charge in [-0.3, -0.25) is 30.6 Å². The molecule has 0 saturated heterocycles. The number of halogens is 1. The van der Waals surface area contributed by atoms with E-state index in [1.54, 1.807) is 12.1 Å². The standard InChI is InChI=1S/C17H16BrN3O6/c1-10(27-15-6-4-3-5-13(15)21(24)25)16(22)19-20-17(23)11-7-8-14(26-2)12(18)9-11/h3-10H,1-2H3,(H,19,22)(H,20,23). The number of hydrazine groups is 1. The van der Waals surface area contributed by atoms with E-state index in [-0.39, 0.29) is 17.0 Å². The second-order valence-electron chi connectivity index (χ2n) is 5.28. The zero-order valence-corrected chi connectivity index (χ0v) is 16.0. The van der Waals surface area contributed by atoms with Gasteiger partial charge in [-0.1, -0.05) is 12.1 Å². The molecule has 0 aromatic heterocycles. The number of ether oxygens (including phenoxy) is 2. The van der Waals surface area contributed by atoms with Crippen LogP contribution in [-0.2, 0) is 4.79 Å².